The summed E-state index contributed by atoms with van der Waals surface area (Å²) < 4.78 is 16.9. The molecule has 0 rings (SSSR count). The zero-order chi connectivity index (χ0) is 55.0. The lowest BCUT2D eigenvalue weighted by atomic mass is 10.0. The first-order valence-electron chi connectivity index (χ1n) is 33.6. The lowest BCUT2D eigenvalue weighted by molar-refractivity contribution is -0.167. The first kappa shape index (κ1) is 73.4. The van der Waals surface area contributed by atoms with Crippen LogP contribution in [0.15, 0.2) is 48.6 Å². The Kier molecular flexibility index (Phi) is 62.6. The van der Waals surface area contributed by atoms with E-state index in [0.717, 1.165) is 77.0 Å². The summed E-state index contributed by atoms with van der Waals surface area (Å²) in [4.78, 5) is 38.3. The van der Waals surface area contributed by atoms with Crippen LogP contribution in [0.1, 0.15) is 361 Å². The Morgan fingerprint density at radius 1 is 0.263 bits per heavy atom. The van der Waals surface area contributed by atoms with E-state index in [9.17, 15) is 14.4 Å². The Bertz CT molecular complexity index is 1310. The normalized spacial score (nSPS) is 12.3. The van der Waals surface area contributed by atoms with E-state index >= 15 is 0 Å². The minimum atomic E-state index is -0.774. The van der Waals surface area contributed by atoms with E-state index < -0.39 is 6.10 Å². The predicted octanol–water partition coefficient (Wildman–Crippen LogP) is 22.9. The van der Waals surface area contributed by atoms with Crippen LogP contribution < -0.4 is 0 Å². The molecule has 6 nitrogen and oxygen atoms in total. The molecule has 0 saturated carbocycles. The van der Waals surface area contributed by atoms with Crippen molar-refractivity contribution in [2.24, 2.45) is 0 Å². The number of rotatable bonds is 62. The van der Waals surface area contributed by atoms with E-state index in [4.69, 9.17) is 14.2 Å². The van der Waals surface area contributed by atoms with Crippen LogP contribution in [0.3, 0.4) is 0 Å². The molecule has 76 heavy (non-hydrogen) atoms. The summed E-state index contributed by atoms with van der Waals surface area (Å²) in [5.41, 5.74) is 0. The van der Waals surface area contributed by atoms with Crippen molar-refractivity contribution in [3.05, 3.63) is 48.6 Å². The van der Waals surface area contributed by atoms with Crippen LogP contribution in [0.5, 0.6) is 0 Å². The molecule has 0 bridgehead atoms. The van der Waals surface area contributed by atoms with E-state index in [1.165, 1.54) is 244 Å². The lowest BCUT2D eigenvalue weighted by Crippen LogP contribution is -2.30. The second-order valence-electron chi connectivity index (χ2n) is 22.7. The smallest absolute Gasteiger partial charge is 0.306 e. The van der Waals surface area contributed by atoms with Crippen molar-refractivity contribution < 1.29 is 28.6 Å². The molecular weight excluding hydrogens is 937 g/mol. The van der Waals surface area contributed by atoms with Gasteiger partial charge in [0.15, 0.2) is 6.10 Å². The Morgan fingerprint density at radius 3 is 0.750 bits per heavy atom. The molecule has 0 aromatic carbocycles. The monoisotopic (exact) mass is 1060 g/mol. The fourth-order valence-electron chi connectivity index (χ4n) is 9.98. The number of unbranched alkanes of at least 4 members (excludes halogenated alkanes) is 43. The van der Waals surface area contributed by atoms with E-state index in [1.54, 1.807) is 0 Å². The van der Waals surface area contributed by atoms with Crippen LogP contribution in [0.2, 0.25) is 0 Å². The fraction of sp³-hybridized carbons (Fsp3) is 0.843. The van der Waals surface area contributed by atoms with Crippen LogP contribution in [0.4, 0.5) is 0 Å². The molecule has 0 aromatic heterocycles. The van der Waals surface area contributed by atoms with Crippen molar-refractivity contribution >= 4 is 17.9 Å². The minimum absolute atomic E-state index is 0.0715. The highest BCUT2D eigenvalue weighted by Gasteiger charge is 2.19. The fourth-order valence-corrected chi connectivity index (χ4v) is 9.98. The van der Waals surface area contributed by atoms with Gasteiger partial charge in [0.25, 0.3) is 0 Å². The summed E-state index contributed by atoms with van der Waals surface area (Å²) in [7, 11) is 0. The van der Waals surface area contributed by atoms with Crippen LogP contribution in [-0.4, -0.2) is 37.2 Å². The highest BCUT2D eigenvalue weighted by molar-refractivity contribution is 5.71. The van der Waals surface area contributed by atoms with Gasteiger partial charge in [-0.3, -0.25) is 14.4 Å². The summed E-state index contributed by atoms with van der Waals surface area (Å²) in [6, 6.07) is 0. The van der Waals surface area contributed by atoms with Gasteiger partial charge < -0.3 is 14.2 Å². The third-order valence-electron chi connectivity index (χ3n) is 15.1. The average molecular weight is 1070 g/mol. The maximum Gasteiger partial charge on any atom is 0.306 e. The molecule has 0 amide bonds. The molecule has 0 spiro atoms. The molecule has 0 aliphatic carbocycles. The standard InChI is InChI=1S/C70H128O6/c1-4-7-10-13-16-19-22-25-28-29-30-31-32-33-34-35-36-37-38-39-40-41-43-45-48-51-54-57-60-63-69(72)75-66-67(65-74-68(71)62-59-56-53-50-47-44-27-24-21-18-15-12-9-6-3)76-70(73)64-61-58-55-52-49-46-42-26-23-20-17-14-11-8-5-2/h22,24-25,27,29-30,32-33,67H,4-21,23,26,28,31,34-66H2,1-3H3/b25-22-,27-24-,30-29-,33-32-. The van der Waals surface area contributed by atoms with Gasteiger partial charge >= 0.3 is 17.9 Å². The van der Waals surface area contributed by atoms with E-state index in [0.29, 0.717) is 19.3 Å². The Balaban J connectivity index is 4.20. The van der Waals surface area contributed by atoms with Crippen molar-refractivity contribution in [1.82, 2.24) is 0 Å². The summed E-state index contributed by atoms with van der Waals surface area (Å²) in [5, 5.41) is 0. The average Bonchev–Trinajstić information content (AvgIpc) is 3.42. The minimum Gasteiger partial charge on any atom is -0.462 e. The summed E-state index contributed by atoms with van der Waals surface area (Å²) in [6.07, 6.45) is 81.3. The van der Waals surface area contributed by atoms with E-state index in [2.05, 4.69) is 69.4 Å². The maximum atomic E-state index is 12.9. The SMILES string of the molecule is CCCCCCC/C=C\C/C=C\C/C=C\CCCCCCCCCCCCCCCCC(=O)OCC(COC(=O)CCCCCCC/C=C\CCCCCCC)OC(=O)CCCCCCCCCCCCCCCCC. The van der Waals surface area contributed by atoms with Crippen LogP contribution in [0.25, 0.3) is 0 Å². The number of ether oxygens (including phenoxy) is 3. The predicted molar refractivity (Wildman–Crippen MR) is 330 cm³/mol. The number of allylic oxidation sites excluding steroid dienone is 8. The molecule has 0 N–H and O–H groups in total. The molecule has 0 radical (unpaired) electrons. The Hall–Kier alpha value is -2.63. The van der Waals surface area contributed by atoms with Crippen LogP contribution >= 0.6 is 0 Å². The van der Waals surface area contributed by atoms with Gasteiger partial charge in [-0.1, -0.05) is 307 Å². The molecule has 0 saturated heterocycles. The largest absolute Gasteiger partial charge is 0.462 e. The van der Waals surface area contributed by atoms with E-state index in [-0.39, 0.29) is 31.1 Å². The van der Waals surface area contributed by atoms with Gasteiger partial charge in [0.1, 0.15) is 13.2 Å². The van der Waals surface area contributed by atoms with Gasteiger partial charge in [-0.25, -0.2) is 0 Å². The van der Waals surface area contributed by atoms with Crippen molar-refractivity contribution in [2.75, 3.05) is 13.2 Å². The number of carbonyl (C=O) groups excluding carboxylic acids is 3. The van der Waals surface area contributed by atoms with Gasteiger partial charge in [0, 0.05) is 19.3 Å². The Morgan fingerprint density at radius 2 is 0.474 bits per heavy atom. The second kappa shape index (κ2) is 64.9. The molecule has 0 aliphatic rings. The molecule has 6 heteroatoms. The number of hydrogen-bond donors (Lipinski definition) is 0. The highest BCUT2D eigenvalue weighted by atomic mass is 16.6. The molecule has 444 valence electrons. The number of esters is 3. The van der Waals surface area contributed by atoms with E-state index in [1.807, 2.05) is 0 Å². The second-order valence-corrected chi connectivity index (χ2v) is 22.7. The third-order valence-corrected chi connectivity index (χ3v) is 15.1. The van der Waals surface area contributed by atoms with Gasteiger partial charge in [-0.05, 0) is 83.5 Å². The number of carbonyl (C=O) groups is 3. The van der Waals surface area contributed by atoms with Gasteiger partial charge in [-0.15, -0.1) is 0 Å². The van der Waals surface area contributed by atoms with Crippen LogP contribution in [0, 0.1) is 0 Å². The van der Waals surface area contributed by atoms with Gasteiger partial charge in [0.05, 0.1) is 0 Å². The first-order valence-corrected chi connectivity index (χ1v) is 33.6. The Labute approximate surface area is 473 Å². The third kappa shape index (κ3) is 62.2. The van der Waals surface area contributed by atoms with Crippen molar-refractivity contribution in [3.63, 3.8) is 0 Å². The molecule has 0 fully saturated rings. The summed E-state index contributed by atoms with van der Waals surface area (Å²) in [6.45, 7) is 6.67. The van der Waals surface area contributed by atoms with Gasteiger partial charge in [-0.2, -0.15) is 0 Å². The van der Waals surface area contributed by atoms with Crippen molar-refractivity contribution in [1.29, 1.82) is 0 Å². The highest BCUT2D eigenvalue weighted by Crippen LogP contribution is 2.17. The van der Waals surface area contributed by atoms with Gasteiger partial charge in [0.2, 0.25) is 0 Å². The number of hydrogen-bond acceptors (Lipinski definition) is 6. The molecule has 0 aliphatic heterocycles. The van der Waals surface area contributed by atoms with Crippen molar-refractivity contribution in [2.45, 2.75) is 367 Å². The molecule has 0 aromatic rings. The van der Waals surface area contributed by atoms with Crippen LogP contribution in [-0.2, 0) is 28.6 Å². The molecule has 0 heterocycles. The van der Waals surface area contributed by atoms with Crippen molar-refractivity contribution in [3.8, 4) is 0 Å². The summed E-state index contributed by atoms with van der Waals surface area (Å²) in [5.74, 6) is -0.858. The zero-order valence-corrected chi connectivity index (χ0v) is 51.0. The zero-order valence-electron chi connectivity index (χ0n) is 51.0. The maximum absolute atomic E-state index is 12.9. The lowest BCUT2D eigenvalue weighted by Gasteiger charge is -2.18. The summed E-state index contributed by atoms with van der Waals surface area (Å²) >= 11 is 0. The molecular formula is C70H128O6. The first-order chi connectivity index (χ1) is 37.5. The topological polar surface area (TPSA) is 78.9 Å². The molecule has 1 unspecified atom stereocenters. The molecule has 1 atom stereocenters. The quantitative estimate of drug-likeness (QED) is 0.0261.